The summed E-state index contributed by atoms with van der Waals surface area (Å²) in [5, 5.41) is 3.53. The van der Waals surface area contributed by atoms with E-state index in [0.717, 1.165) is 25.1 Å². The quantitative estimate of drug-likeness (QED) is 0.830. The Morgan fingerprint density at radius 2 is 1.84 bits per heavy atom. The molecule has 0 spiro atoms. The van der Waals surface area contributed by atoms with Crippen LogP contribution in [0.5, 0.6) is 5.75 Å². The maximum absolute atomic E-state index is 5.18. The standard InChI is InChI=1S/C16H21NO2/c1-3-17-15(11-14-8-9-19-12-14)10-13-4-6-16(18-2)7-5-13/h4-9,12,15,17H,3,10-11H2,1-2H3. The van der Waals surface area contributed by atoms with Crippen molar-refractivity contribution >= 4 is 0 Å². The van der Waals surface area contributed by atoms with Gasteiger partial charge in [0.25, 0.3) is 0 Å². The van der Waals surface area contributed by atoms with Crippen molar-refractivity contribution < 1.29 is 9.15 Å². The zero-order valence-corrected chi connectivity index (χ0v) is 11.6. The summed E-state index contributed by atoms with van der Waals surface area (Å²) in [6.45, 7) is 3.11. The Morgan fingerprint density at radius 1 is 1.11 bits per heavy atom. The fourth-order valence-electron chi connectivity index (χ4n) is 2.24. The van der Waals surface area contributed by atoms with Gasteiger partial charge in [-0.25, -0.2) is 0 Å². The third-order valence-electron chi connectivity index (χ3n) is 3.20. The molecule has 0 aliphatic heterocycles. The van der Waals surface area contributed by atoms with Crippen molar-refractivity contribution in [3.05, 3.63) is 54.0 Å². The summed E-state index contributed by atoms with van der Waals surface area (Å²) in [4.78, 5) is 0. The van der Waals surface area contributed by atoms with Crippen molar-refractivity contribution in [3.8, 4) is 5.75 Å². The smallest absolute Gasteiger partial charge is 0.118 e. The summed E-state index contributed by atoms with van der Waals surface area (Å²) >= 11 is 0. The highest BCUT2D eigenvalue weighted by Crippen LogP contribution is 2.14. The summed E-state index contributed by atoms with van der Waals surface area (Å²) in [6, 6.07) is 10.7. The molecule has 0 aliphatic rings. The minimum Gasteiger partial charge on any atom is -0.497 e. The van der Waals surface area contributed by atoms with Gasteiger partial charge in [0, 0.05) is 6.04 Å². The molecular weight excluding hydrogens is 238 g/mol. The molecule has 0 saturated carbocycles. The molecular formula is C16H21NO2. The highest BCUT2D eigenvalue weighted by atomic mass is 16.5. The molecule has 1 heterocycles. The highest BCUT2D eigenvalue weighted by molar-refractivity contribution is 5.28. The van der Waals surface area contributed by atoms with Gasteiger partial charge in [0.1, 0.15) is 5.75 Å². The van der Waals surface area contributed by atoms with Crippen molar-refractivity contribution in [2.75, 3.05) is 13.7 Å². The molecule has 0 amide bonds. The molecule has 0 radical (unpaired) electrons. The van der Waals surface area contributed by atoms with Crippen molar-refractivity contribution in [1.29, 1.82) is 0 Å². The molecule has 1 atom stereocenters. The van der Waals surface area contributed by atoms with Gasteiger partial charge in [-0.2, -0.15) is 0 Å². The number of ether oxygens (including phenoxy) is 1. The number of likely N-dealkylation sites (N-methyl/N-ethyl adjacent to an activating group) is 1. The third kappa shape index (κ3) is 4.14. The molecule has 0 bridgehead atoms. The fourth-order valence-corrected chi connectivity index (χ4v) is 2.24. The van der Waals surface area contributed by atoms with E-state index in [1.54, 1.807) is 13.4 Å². The number of hydrogen-bond acceptors (Lipinski definition) is 3. The molecule has 2 aromatic rings. The number of hydrogen-bond donors (Lipinski definition) is 1. The first-order valence-corrected chi connectivity index (χ1v) is 6.69. The van der Waals surface area contributed by atoms with Crippen LogP contribution in [-0.2, 0) is 12.8 Å². The topological polar surface area (TPSA) is 34.4 Å². The van der Waals surface area contributed by atoms with E-state index in [1.807, 2.05) is 24.5 Å². The van der Waals surface area contributed by atoms with Gasteiger partial charge in [0.05, 0.1) is 19.6 Å². The normalized spacial score (nSPS) is 12.3. The van der Waals surface area contributed by atoms with Crippen molar-refractivity contribution in [1.82, 2.24) is 5.32 Å². The Bertz CT molecular complexity index is 462. The molecule has 1 aromatic heterocycles. The third-order valence-corrected chi connectivity index (χ3v) is 3.20. The maximum Gasteiger partial charge on any atom is 0.118 e. The van der Waals surface area contributed by atoms with Gasteiger partial charge in [-0.3, -0.25) is 0 Å². The Morgan fingerprint density at radius 3 is 2.42 bits per heavy atom. The van der Waals surface area contributed by atoms with Crippen LogP contribution in [0.15, 0.2) is 47.3 Å². The lowest BCUT2D eigenvalue weighted by molar-refractivity contribution is 0.414. The summed E-state index contributed by atoms with van der Waals surface area (Å²) in [5.41, 5.74) is 2.55. The second kappa shape index (κ2) is 7.00. The summed E-state index contributed by atoms with van der Waals surface area (Å²) in [7, 11) is 1.69. The van der Waals surface area contributed by atoms with Crippen LogP contribution in [0.1, 0.15) is 18.1 Å². The lowest BCUT2D eigenvalue weighted by Crippen LogP contribution is -2.32. The first-order chi connectivity index (χ1) is 9.31. The molecule has 1 unspecified atom stereocenters. The Kier molecular flexibility index (Phi) is 5.04. The number of rotatable bonds is 7. The summed E-state index contributed by atoms with van der Waals surface area (Å²) in [6.07, 6.45) is 5.53. The molecule has 3 heteroatoms. The molecule has 2 rings (SSSR count). The minimum absolute atomic E-state index is 0.427. The predicted molar refractivity (Wildman–Crippen MR) is 76.6 cm³/mol. The van der Waals surface area contributed by atoms with Gasteiger partial charge in [0.2, 0.25) is 0 Å². The SMILES string of the molecule is CCNC(Cc1ccc(OC)cc1)Cc1ccoc1. The van der Waals surface area contributed by atoms with Crippen molar-refractivity contribution in [2.45, 2.75) is 25.8 Å². The van der Waals surface area contributed by atoms with Crippen molar-refractivity contribution in [2.24, 2.45) is 0 Å². The zero-order valence-electron chi connectivity index (χ0n) is 11.6. The van der Waals surface area contributed by atoms with Crippen LogP contribution in [0.25, 0.3) is 0 Å². The van der Waals surface area contributed by atoms with E-state index in [4.69, 9.17) is 9.15 Å². The van der Waals surface area contributed by atoms with Crippen LogP contribution in [-0.4, -0.2) is 19.7 Å². The van der Waals surface area contributed by atoms with Crippen LogP contribution in [0.4, 0.5) is 0 Å². The van der Waals surface area contributed by atoms with Gasteiger partial charge in [-0.1, -0.05) is 19.1 Å². The molecule has 102 valence electrons. The van der Waals surface area contributed by atoms with E-state index in [2.05, 4.69) is 24.4 Å². The monoisotopic (exact) mass is 259 g/mol. The van der Waals surface area contributed by atoms with E-state index in [-0.39, 0.29) is 0 Å². The van der Waals surface area contributed by atoms with Crippen LogP contribution < -0.4 is 10.1 Å². The summed E-state index contributed by atoms with van der Waals surface area (Å²) in [5.74, 6) is 0.901. The molecule has 1 N–H and O–H groups in total. The fraction of sp³-hybridized carbons (Fsp3) is 0.375. The van der Waals surface area contributed by atoms with Gasteiger partial charge in [-0.05, 0) is 48.7 Å². The van der Waals surface area contributed by atoms with E-state index in [1.165, 1.54) is 11.1 Å². The Hall–Kier alpha value is -1.74. The number of nitrogens with one attached hydrogen (secondary N) is 1. The minimum atomic E-state index is 0.427. The molecule has 0 saturated heterocycles. The van der Waals surface area contributed by atoms with E-state index < -0.39 is 0 Å². The van der Waals surface area contributed by atoms with E-state index in [9.17, 15) is 0 Å². The van der Waals surface area contributed by atoms with Gasteiger partial charge in [-0.15, -0.1) is 0 Å². The van der Waals surface area contributed by atoms with Crippen LogP contribution in [0, 0.1) is 0 Å². The Balaban J connectivity index is 1.98. The van der Waals surface area contributed by atoms with Gasteiger partial charge >= 0.3 is 0 Å². The lowest BCUT2D eigenvalue weighted by Gasteiger charge is -2.17. The molecule has 3 nitrogen and oxygen atoms in total. The molecule has 0 fully saturated rings. The van der Waals surface area contributed by atoms with Gasteiger partial charge < -0.3 is 14.5 Å². The molecule has 1 aromatic carbocycles. The predicted octanol–water partition coefficient (Wildman–Crippen LogP) is 3.05. The maximum atomic E-state index is 5.18. The Labute approximate surface area is 114 Å². The van der Waals surface area contributed by atoms with Gasteiger partial charge in [0.15, 0.2) is 0 Å². The van der Waals surface area contributed by atoms with Crippen LogP contribution in [0.2, 0.25) is 0 Å². The number of furan rings is 1. The first-order valence-electron chi connectivity index (χ1n) is 6.69. The highest BCUT2D eigenvalue weighted by Gasteiger charge is 2.10. The number of benzene rings is 1. The first kappa shape index (κ1) is 13.7. The van der Waals surface area contributed by atoms with Crippen LogP contribution >= 0.6 is 0 Å². The average Bonchev–Trinajstić information content (AvgIpc) is 2.93. The molecule has 0 aliphatic carbocycles. The lowest BCUT2D eigenvalue weighted by atomic mass is 10.0. The zero-order chi connectivity index (χ0) is 13.5. The second-order valence-electron chi connectivity index (χ2n) is 4.64. The van der Waals surface area contributed by atoms with E-state index >= 15 is 0 Å². The number of methoxy groups -OCH3 is 1. The average molecular weight is 259 g/mol. The summed E-state index contributed by atoms with van der Waals surface area (Å²) < 4.78 is 10.3. The van der Waals surface area contributed by atoms with Crippen molar-refractivity contribution in [3.63, 3.8) is 0 Å². The molecule has 19 heavy (non-hydrogen) atoms. The van der Waals surface area contributed by atoms with E-state index in [0.29, 0.717) is 6.04 Å². The largest absolute Gasteiger partial charge is 0.497 e. The van der Waals surface area contributed by atoms with Crippen LogP contribution in [0.3, 0.4) is 0 Å². The second-order valence-corrected chi connectivity index (χ2v) is 4.64.